The fraction of sp³-hybridized carbons (Fsp3) is 0.364. The Morgan fingerprint density at radius 3 is 2.85 bits per heavy atom. The molecule has 0 fully saturated rings. The van der Waals surface area contributed by atoms with Gasteiger partial charge in [-0.1, -0.05) is 24.3 Å². The molecule has 13 heavy (non-hydrogen) atoms. The summed E-state index contributed by atoms with van der Waals surface area (Å²) in [7, 11) is 0. The normalized spacial score (nSPS) is 14.8. The summed E-state index contributed by atoms with van der Waals surface area (Å²) in [5.41, 5.74) is 2.62. The third kappa shape index (κ3) is 1.57. The van der Waals surface area contributed by atoms with E-state index in [1.54, 1.807) is 0 Å². The smallest absolute Gasteiger partial charge is 0.0620 e. The van der Waals surface area contributed by atoms with Crippen molar-refractivity contribution in [2.75, 3.05) is 0 Å². The van der Waals surface area contributed by atoms with E-state index in [1.165, 1.54) is 11.1 Å². The molecule has 0 unspecified atom stereocenters. The predicted molar refractivity (Wildman–Crippen MR) is 54.7 cm³/mol. The number of fused-ring (bicyclic) bond motifs is 1. The van der Waals surface area contributed by atoms with Crippen LogP contribution in [-0.4, -0.2) is 17.3 Å². The second-order valence-electron chi connectivity index (χ2n) is 3.63. The van der Waals surface area contributed by atoms with Gasteiger partial charge in [0.25, 0.3) is 0 Å². The first-order chi connectivity index (χ1) is 6.27. The lowest BCUT2D eigenvalue weighted by atomic mass is 10.1. The highest BCUT2D eigenvalue weighted by atomic mass is 15.5. The minimum Gasteiger partial charge on any atom is -0.290 e. The first-order valence-corrected chi connectivity index (χ1v) is 4.66. The first-order valence-electron chi connectivity index (χ1n) is 4.66. The van der Waals surface area contributed by atoms with Crippen LogP contribution in [0.25, 0.3) is 0 Å². The van der Waals surface area contributed by atoms with Crippen molar-refractivity contribution in [1.29, 1.82) is 0 Å². The van der Waals surface area contributed by atoms with Gasteiger partial charge < -0.3 is 0 Å². The highest BCUT2D eigenvalue weighted by Gasteiger charge is 2.12. The van der Waals surface area contributed by atoms with Crippen molar-refractivity contribution in [3.8, 4) is 0 Å². The van der Waals surface area contributed by atoms with Crippen LogP contribution >= 0.6 is 0 Å². The predicted octanol–water partition coefficient (Wildman–Crippen LogP) is 2.24. The van der Waals surface area contributed by atoms with Gasteiger partial charge >= 0.3 is 0 Å². The zero-order chi connectivity index (χ0) is 9.26. The van der Waals surface area contributed by atoms with E-state index in [0.717, 1.165) is 6.54 Å². The molecule has 0 spiro atoms. The van der Waals surface area contributed by atoms with Gasteiger partial charge in [0.1, 0.15) is 0 Å². The Kier molecular flexibility index (Phi) is 2.05. The van der Waals surface area contributed by atoms with Gasteiger partial charge in [0, 0.05) is 6.04 Å². The van der Waals surface area contributed by atoms with E-state index in [0.29, 0.717) is 6.04 Å². The van der Waals surface area contributed by atoms with Crippen LogP contribution in [0.15, 0.2) is 29.4 Å². The topological polar surface area (TPSA) is 15.6 Å². The van der Waals surface area contributed by atoms with Gasteiger partial charge in [-0.15, -0.1) is 0 Å². The molecule has 1 aliphatic rings. The van der Waals surface area contributed by atoms with Gasteiger partial charge in [-0.2, -0.15) is 5.10 Å². The molecule has 0 N–H and O–H groups in total. The zero-order valence-corrected chi connectivity index (χ0v) is 8.07. The quantitative estimate of drug-likeness (QED) is 0.637. The first kappa shape index (κ1) is 8.30. The number of benzene rings is 1. The molecule has 0 aromatic heterocycles. The molecule has 0 atom stereocenters. The SMILES string of the molecule is CC(C)N1Cc2ccccc2C=N1. The Morgan fingerprint density at radius 1 is 1.31 bits per heavy atom. The number of hydrogen-bond donors (Lipinski definition) is 0. The maximum atomic E-state index is 4.38. The fourth-order valence-electron chi connectivity index (χ4n) is 1.47. The Labute approximate surface area is 78.9 Å². The van der Waals surface area contributed by atoms with Crippen LogP contribution in [0.4, 0.5) is 0 Å². The molecule has 0 aliphatic carbocycles. The molecule has 0 bridgehead atoms. The van der Waals surface area contributed by atoms with Crippen molar-refractivity contribution in [2.45, 2.75) is 26.4 Å². The fourth-order valence-corrected chi connectivity index (χ4v) is 1.47. The largest absolute Gasteiger partial charge is 0.290 e. The third-order valence-electron chi connectivity index (χ3n) is 2.33. The van der Waals surface area contributed by atoms with Gasteiger partial charge in [-0.05, 0) is 25.0 Å². The van der Waals surface area contributed by atoms with Crippen molar-refractivity contribution in [3.05, 3.63) is 35.4 Å². The second-order valence-corrected chi connectivity index (χ2v) is 3.63. The van der Waals surface area contributed by atoms with Crippen LogP contribution in [0.3, 0.4) is 0 Å². The van der Waals surface area contributed by atoms with Gasteiger partial charge in [-0.25, -0.2) is 0 Å². The molecule has 0 saturated heterocycles. The summed E-state index contributed by atoms with van der Waals surface area (Å²) in [6, 6.07) is 8.88. The maximum absolute atomic E-state index is 4.38. The molecule has 1 aromatic carbocycles. The average molecular weight is 174 g/mol. The van der Waals surface area contributed by atoms with E-state index in [1.807, 2.05) is 6.21 Å². The van der Waals surface area contributed by atoms with Crippen molar-refractivity contribution < 1.29 is 0 Å². The van der Waals surface area contributed by atoms with Gasteiger partial charge in [0.05, 0.1) is 12.8 Å². The van der Waals surface area contributed by atoms with Crippen LogP contribution in [0.5, 0.6) is 0 Å². The Hall–Kier alpha value is -1.31. The Balaban J connectivity index is 2.29. The number of hydrogen-bond acceptors (Lipinski definition) is 2. The molecule has 2 nitrogen and oxygen atoms in total. The van der Waals surface area contributed by atoms with Crippen LogP contribution in [0, 0.1) is 0 Å². The van der Waals surface area contributed by atoms with Gasteiger partial charge in [0.2, 0.25) is 0 Å². The van der Waals surface area contributed by atoms with Crippen LogP contribution in [0.2, 0.25) is 0 Å². The van der Waals surface area contributed by atoms with Crippen LogP contribution in [0.1, 0.15) is 25.0 Å². The van der Waals surface area contributed by atoms with E-state index in [2.05, 4.69) is 48.2 Å². The monoisotopic (exact) mass is 174 g/mol. The molecule has 2 rings (SSSR count). The summed E-state index contributed by atoms with van der Waals surface area (Å²) in [4.78, 5) is 0. The van der Waals surface area contributed by atoms with Crippen molar-refractivity contribution in [2.24, 2.45) is 5.10 Å². The lowest BCUT2D eigenvalue weighted by Crippen LogP contribution is -2.28. The number of rotatable bonds is 1. The highest BCUT2D eigenvalue weighted by molar-refractivity contribution is 5.82. The second kappa shape index (κ2) is 3.21. The highest BCUT2D eigenvalue weighted by Crippen LogP contribution is 2.16. The molecule has 1 heterocycles. The summed E-state index contributed by atoms with van der Waals surface area (Å²) in [6.07, 6.45) is 1.94. The number of hydrazone groups is 1. The van der Waals surface area contributed by atoms with E-state index in [4.69, 9.17) is 0 Å². The van der Waals surface area contributed by atoms with E-state index >= 15 is 0 Å². The van der Waals surface area contributed by atoms with Crippen molar-refractivity contribution in [3.63, 3.8) is 0 Å². The summed E-state index contributed by atoms with van der Waals surface area (Å²) in [5, 5.41) is 6.48. The van der Waals surface area contributed by atoms with E-state index < -0.39 is 0 Å². The summed E-state index contributed by atoms with van der Waals surface area (Å²) < 4.78 is 0. The summed E-state index contributed by atoms with van der Waals surface area (Å²) in [5.74, 6) is 0. The molecule has 0 saturated carbocycles. The van der Waals surface area contributed by atoms with Gasteiger partial charge in [-0.3, -0.25) is 5.01 Å². The number of nitrogens with zero attached hydrogens (tertiary/aromatic N) is 2. The van der Waals surface area contributed by atoms with Crippen molar-refractivity contribution in [1.82, 2.24) is 5.01 Å². The van der Waals surface area contributed by atoms with E-state index in [9.17, 15) is 0 Å². The molecular weight excluding hydrogens is 160 g/mol. The maximum Gasteiger partial charge on any atom is 0.0620 e. The lowest BCUT2D eigenvalue weighted by Gasteiger charge is -2.27. The van der Waals surface area contributed by atoms with Crippen LogP contribution < -0.4 is 0 Å². The zero-order valence-electron chi connectivity index (χ0n) is 8.07. The molecule has 0 radical (unpaired) electrons. The summed E-state index contributed by atoms with van der Waals surface area (Å²) >= 11 is 0. The Bertz CT molecular complexity index is 329. The molecule has 0 amide bonds. The molecule has 68 valence electrons. The minimum atomic E-state index is 0.476. The molecule has 1 aromatic rings. The molecule has 1 aliphatic heterocycles. The van der Waals surface area contributed by atoms with Gasteiger partial charge in [0.15, 0.2) is 0 Å². The average Bonchev–Trinajstić information content (AvgIpc) is 2.17. The third-order valence-corrected chi connectivity index (χ3v) is 2.33. The van der Waals surface area contributed by atoms with Crippen molar-refractivity contribution >= 4 is 6.21 Å². The van der Waals surface area contributed by atoms with Crippen LogP contribution in [-0.2, 0) is 6.54 Å². The molecule has 2 heteroatoms. The summed E-state index contributed by atoms with van der Waals surface area (Å²) in [6.45, 7) is 5.25. The lowest BCUT2D eigenvalue weighted by molar-refractivity contribution is 0.221. The standard InChI is InChI=1S/C11H14N2/c1-9(2)13-8-11-6-4-3-5-10(11)7-12-13/h3-7,9H,8H2,1-2H3. The minimum absolute atomic E-state index is 0.476. The molecular formula is C11H14N2. The van der Waals surface area contributed by atoms with E-state index in [-0.39, 0.29) is 0 Å². The Morgan fingerprint density at radius 2 is 2.08 bits per heavy atom.